The summed E-state index contributed by atoms with van der Waals surface area (Å²) in [5.74, 6) is 0. The summed E-state index contributed by atoms with van der Waals surface area (Å²) in [6, 6.07) is 5.01. The molecule has 0 atom stereocenters. The van der Waals surface area contributed by atoms with Crippen molar-refractivity contribution in [2.24, 2.45) is 7.05 Å². The molecule has 6 nitrogen and oxygen atoms in total. The van der Waals surface area contributed by atoms with Gasteiger partial charge in [-0.3, -0.25) is 14.8 Å². The van der Waals surface area contributed by atoms with Crippen LogP contribution in [0.5, 0.6) is 0 Å². The molecule has 1 heterocycles. The Hall–Kier alpha value is -2.37. The van der Waals surface area contributed by atoms with Crippen molar-refractivity contribution in [3.8, 4) is 0 Å². The normalized spacial score (nSPS) is 10.5. The molecular weight excluding hydrogens is 244 g/mol. The Kier molecular flexibility index (Phi) is 3.50. The quantitative estimate of drug-likeness (QED) is 0.677. The van der Waals surface area contributed by atoms with Crippen molar-refractivity contribution < 1.29 is 4.92 Å². The van der Waals surface area contributed by atoms with Crippen LogP contribution in [0.4, 0.5) is 17.1 Å². The van der Waals surface area contributed by atoms with Gasteiger partial charge in [-0.05, 0) is 19.4 Å². The third-order valence-corrected chi connectivity index (χ3v) is 3.01. The number of nitro benzene ring substituents is 1. The lowest BCUT2D eigenvalue weighted by Crippen LogP contribution is -1.98. The van der Waals surface area contributed by atoms with Crippen LogP contribution in [0, 0.1) is 17.0 Å². The molecule has 0 bridgehead atoms. The van der Waals surface area contributed by atoms with Crippen LogP contribution in [0.3, 0.4) is 0 Å². The van der Waals surface area contributed by atoms with Crippen LogP contribution in [0.2, 0.25) is 0 Å². The number of benzene rings is 1. The number of aromatic nitrogens is 2. The first-order valence-electron chi connectivity index (χ1n) is 6.06. The molecule has 0 radical (unpaired) electrons. The number of hydrogen-bond acceptors (Lipinski definition) is 4. The third-order valence-electron chi connectivity index (χ3n) is 3.01. The van der Waals surface area contributed by atoms with E-state index in [4.69, 9.17) is 0 Å². The fraction of sp³-hybridized carbons (Fsp3) is 0.308. The van der Waals surface area contributed by atoms with Gasteiger partial charge in [0.1, 0.15) is 0 Å². The van der Waals surface area contributed by atoms with Crippen molar-refractivity contribution >= 4 is 17.1 Å². The van der Waals surface area contributed by atoms with E-state index in [1.807, 2.05) is 26.2 Å². The monoisotopic (exact) mass is 260 g/mol. The summed E-state index contributed by atoms with van der Waals surface area (Å²) in [4.78, 5) is 10.5. The molecule has 0 spiro atoms. The van der Waals surface area contributed by atoms with E-state index >= 15 is 0 Å². The van der Waals surface area contributed by atoms with E-state index < -0.39 is 0 Å². The van der Waals surface area contributed by atoms with Crippen LogP contribution >= 0.6 is 0 Å². The van der Waals surface area contributed by atoms with E-state index in [-0.39, 0.29) is 10.6 Å². The predicted molar refractivity (Wildman–Crippen MR) is 73.7 cm³/mol. The molecule has 0 saturated heterocycles. The second kappa shape index (κ2) is 5.09. The van der Waals surface area contributed by atoms with Gasteiger partial charge < -0.3 is 5.32 Å². The molecule has 0 unspecified atom stereocenters. The summed E-state index contributed by atoms with van der Waals surface area (Å²) in [5.41, 5.74) is 3.30. The van der Waals surface area contributed by atoms with Gasteiger partial charge in [0.25, 0.3) is 5.69 Å². The average molecular weight is 260 g/mol. The average Bonchev–Trinajstić information content (AvgIpc) is 2.71. The molecule has 2 aromatic rings. The van der Waals surface area contributed by atoms with Crippen LogP contribution in [-0.2, 0) is 13.5 Å². The van der Waals surface area contributed by atoms with Crippen molar-refractivity contribution in [1.29, 1.82) is 0 Å². The van der Waals surface area contributed by atoms with Gasteiger partial charge in [0.15, 0.2) is 0 Å². The number of nitrogens with one attached hydrogen (secondary N) is 1. The van der Waals surface area contributed by atoms with Gasteiger partial charge in [-0.1, -0.05) is 13.0 Å². The summed E-state index contributed by atoms with van der Waals surface area (Å²) >= 11 is 0. The maximum atomic E-state index is 10.9. The topological polar surface area (TPSA) is 73.0 Å². The largest absolute Gasteiger partial charge is 0.352 e. The smallest absolute Gasteiger partial charge is 0.274 e. The maximum absolute atomic E-state index is 10.9. The molecule has 0 amide bonds. The number of anilines is 2. The van der Waals surface area contributed by atoms with Crippen LogP contribution in [0.1, 0.15) is 18.2 Å². The second-order valence-electron chi connectivity index (χ2n) is 4.35. The van der Waals surface area contributed by atoms with E-state index in [2.05, 4.69) is 10.4 Å². The maximum Gasteiger partial charge on any atom is 0.274 e. The van der Waals surface area contributed by atoms with Crippen molar-refractivity contribution in [3.63, 3.8) is 0 Å². The summed E-state index contributed by atoms with van der Waals surface area (Å²) in [7, 11) is 1.85. The minimum absolute atomic E-state index is 0.118. The van der Waals surface area contributed by atoms with E-state index in [1.165, 1.54) is 6.07 Å². The lowest BCUT2D eigenvalue weighted by Gasteiger charge is -2.08. The molecule has 0 fully saturated rings. The van der Waals surface area contributed by atoms with E-state index in [1.54, 1.807) is 17.7 Å². The molecule has 6 heteroatoms. The Morgan fingerprint density at radius 3 is 2.79 bits per heavy atom. The first kappa shape index (κ1) is 13.1. The predicted octanol–water partition coefficient (Wildman–Crippen LogP) is 2.94. The number of nitrogens with zero attached hydrogens (tertiary/aromatic N) is 3. The zero-order valence-electron chi connectivity index (χ0n) is 11.2. The van der Waals surface area contributed by atoms with Gasteiger partial charge in [0.05, 0.1) is 21.9 Å². The molecule has 0 aliphatic heterocycles. The number of rotatable bonds is 4. The molecule has 1 N–H and O–H groups in total. The number of aryl methyl sites for hydroxylation is 2. The fourth-order valence-electron chi connectivity index (χ4n) is 2.00. The Bertz CT molecular complexity index is 619. The highest BCUT2D eigenvalue weighted by atomic mass is 16.6. The molecule has 0 aliphatic carbocycles. The summed E-state index contributed by atoms with van der Waals surface area (Å²) in [6.07, 6.45) is 2.67. The fourth-order valence-corrected chi connectivity index (χ4v) is 2.00. The van der Waals surface area contributed by atoms with E-state index in [9.17, 15) is 10.1 Å². The van der Waals surface area contributed by atoms with Gasteiger partial charge in [-0.15, -0.1) is 0 Å². The highest BCUT2D eigenvalue weighted by Crippen LogP contribution is 2.28. The zero-order chi connectivity index (χ0) is 14.0. The Balaban J connectivity index is 2.38. The van der Waals surface area contributed by atoms with Gasteiger partial charge >= 0.3 is 0 Å². The second-order valence-corrected chi connectivity index (χ2v) is 4.35. The highest BCUT2D eigenvalue weighted by Gasteiger charge is 2.14. The van der Waals surface area contributed by atoms with Crippen molar-refractivity contribution in [1.82, 2.24) is 9.78 Å². The van der Waals surface area contributed by atoms with E-state index in [0.29, 0.717) is 5.56 Å². The van der Waals surface area contributed by atoms with Gasteiger partial charge in [-0.25, -0.2) is 0 Å². The SMILES string of the molecule is CCc1nn(C)cc1Nc1cccc([N+](=O)[O-])c1C. The van der Waals surface area contributed by atoms with Gasteiger partial charge in [-0.2, -0.15) is 5.10 Å². The molecular formula is C13H16N4O2. The molecule has 1 aromatic heterocycles. The molecule has 0 saturated carbocycles. The first-order chi connectivity index (χ1) is 9.02. The van der Waals surface area contributed by atoms with Crippen molar-refractivity contribution in [2.45, 2.75) is 20.3 Å². The van der Waals surface area contributed by atoms with Gasteiger partial charge in [0.2, 0.25) is 0 Å². The minimum Gasteiger partial charge on any atom is -0.352 e. The Morgan fingerprint density at radius 2 is 2.16 bits per heavy atom. The molecule has 1 aromatic carbocycles. The van der Waals surface area contributed by atoms with Crippen LogP contribution < -0.4 is 5.32 Å². The minimum atomic E-state index is -0.371. The van der Waals surface area contributed by atoms with Crippen molar-refractivity contribution in [3.05, 3.63) is 45.8 Å². The van der Waals surface area contributed by atoms with Crippen molar-refractivity contribution in [2.75, 3.05) is 5.32 Å². The van der Waals surface area contributed by atoms with E-state index in [0.717, 1.165) is 23.5 Å². The molecule has 19 heavy (non-hydrogen) atoms. The number of nitro groups is 1. The Morgan fingerprint density at radius 1 is 1.42 bits per heavy atom. The third kappa shape index (κ3) is 2.57. The molecule has 0 aliphatic rings. The summed E-state index contributed by atoms with van der Waals surface area (Å²) in [5, 5.41) is 18.5. The van der Waals surface area contributed by atoms with Crippen LogP contribution in [-0.4, -0.2) is 14.7 Å². The van der Waals surface area contributed by atoms with Gasteiger partial charge in [0, 0.05) is 25.0 Å². The van der Waals surface area contributed by atoms with Crippen LogP contribution in [0.25, 0.3) is 0 Å². The van der Waals surface area contributed by atoms with Crippen LogP contribution in [0.15, 0.2) is 24.4 Å². The molecule has 100 valence electrons. The summed E-state index contributed by atoms with van der Waals surface area (Å²) in [6.45, 7) is 3.76. The Labute approximate surface area is 111 Å². The number of hydrogen-bond donors (Lipinski definition) is 1. The first-order valence-corrected chi connectivity index (χ1v) is 6.06. The molecule has 2 rings (SSSR count). The summed E-state index contributed by atoms with van der Waals surface area (Å²) < 4.78 is 1.73. The zero-order valence-corrected chi connectivity index (χ0v) is 11.2. The standard InChI is InChI=1S/C13H16N4O2/c1-4-10-12(8-16(3)15-10)14-11-6-5-7-13(9(11)2)17(18)19/h5-8,14H,4H2,1-3H3. The lowest BCUT2D eigenvalue weighted by molar-refractivity contribution is -0.385. The lowest BCUT2D eigenvalue weighted by atomic mass is 10.1. The highest BCUT2D eigenvalue weighted by molar-refractivity contribution is 5.68.